The number of benzene rings is 1. The second-order valence-corrected chi connectivity index (χ2v) is 5.69. The van der Waals surface area contributed by atoms with Crippen molar-refractivity contribution in [3.05, 3.63) is 28.8 Å². The quantitative estimate of drug-likeness (QED) is 0.862. The lowest BCUT2D eigenvalue weighted by Gasteiger charge is -2.08. The third-order valence-corrected chi connectivity index (χ3v) is 4.37. The Kier molecular flexibility index (Phi) is 3.33. The Morgan fingerprint density at radius 3 is 2.60 bits per heavy atom. The minimum absolute atomic E-state index is 0.481. The molecular formula is C15H14N2O2S. The second-order valence-electron chi connectivity index (χ2n) is 4.69. The fraction of sp³-hybridized carbons (Fsp3) is 0.333. The molecule has 0 saturated heterocycles. The van der Waals surface area contributed by atoms with Gasteiger partial charge < -0.3 is 9.47 Å². The van der Waals surface area contributed by atoms with Gasteiger partial charge in [-0.1, -0.05) is 0 Å². The smallest absolute Gasteiger partial charge is 0.161 e. The summed E-state index contributed by atoms with van der Waals surface area (Å²) in [5.41, 5.74) is 1.92. The van der Waals surface area contributed by atoms with Crippen LogP contribution in [0, 0.1) is 11.3 Å². The lowest BCUT2D eigenvalue weighted by Crippen LogP contribution is -1.90. The highest BCUT2D eigenvalue weighted by molar-refractivity contribution is 7.15. The molecule has 2 aromatic rings. The number of rotatable bonds is 4. The van der Waals surface area contributed by atoms with Gasteiger partial charge in [-0.15, -0.1) is 11.3 Å². The van der Waals surface area contributed by atoms with Crippen LogP contribution in [0.4, 0.5) is 0 Å². The molecule has 0 spiro atoms. The summed E-state index contributed by atoms with van der Waals surface area (Å²) in [5, 5.41) is 10.1. The van der Waals surface area contributed by atoms with E-state index in [-0.39, 0.29) is 0 Å². The van der Waals surface area contributed by atoms with E-state index in [9.17, 15) is 5.26 Å². The molecule has 0 aliphatic heterocycles. The zero-order chi connectivity index (χ0) is 14.1. The first-order chi connectivity index (χ1) is 9.76. The molecule has 0 radical (unpaired) electrons. The van der Waals surface area contributed by atoms with E-state index in [1.54, 1.807) is 14.2 Å². The van der Waals surface area contributed by atoms with E-state index in [1.807, 2.05) is 18.2 Å². The van der Waals surface area contributed by atoms with Crippen LogP contribution in [0.15, 0.2) is 18.2 Å². The Labute approximate surface area is 121 Å². The van der Waals surface area contributed by atoms with E-state index in [2.05, 4.69) is 11.1 Å². The Morgan fingerprint density at radius 2 is 2.00 bits per heavy atom. The van der Waals surface area contributed by atoms with Crippen molar-refractivity contribution in [3.63, 3.8) is 0 Å². The van der Waals surface area contributed by atoms with Crippen molar-refractivity contribution < 1.29 is 9.47 Å². The third kappa shape index (κ3) is 2.23. The molecule has 1 aliphatic carbocycles. The maximum absolute atomic E-state index is 9.21. The summed E-state index contributed by atoms with van der Waals surface area (Å²) in [5.74, 6) is 1.84. The zero-order valence-electron chi connectivity index (χ0n) is 11.3. The predicted molar refractivity (Wildman–Crippen MR) is 77.3 cm³/mol. The maximum Gasteiger partial charge on any atom is 0.161 e. The molecule has 0 N–H and O–H groups in total. The van der Waals surface area contributed by atoms with Gasteiger partial charge in [-0.05, 0) is 31.0 Å². The average molecular weight is 286 g/mol. The molecule has 0 amide bonds. The first-order valence-corrected chi connectivity index (χ1v) is 7.21. The summed E-state index contributed by atoms with van der Waals surface area (Å²) in [4.78, 5) is 5.38. The molecule has 0 unspecified atom stereocenters. The van der Waals surface area contributed by atoms with Gasteiger partial charge >= 0.3 is 0 Å². The van der Waals surface area contributed by atoms with Gasteiger partial charge in [0.25, 0.3) is 0 Å². The maximum atomic E-state index is 9.21. The van der Waals surface area contributed by atoms with Crippen molar-refractivity contribution in [2.45, 2.75) is 18.8 Å². The second kappa shape index (κ2) is 5.14. The van der Waals surface area contributed by atoms with E-state index < -0.39 is 0 Å². The summed E-state index contributed by atoms with van der Waals surface area (Å²) in [6, 6.07) is 7.96. The van der Waals surface area contributed by atoms with Crippen molar-refractivity contribution in [2.75, 3.05) is 14.2 Å². The standard InChI is InChI=1S/C15H14N2O2S/c1-18-11-6-5-10(7-12(11)19-2)15-17-14(9-3-4-9)13(8-16)20-15/h5-7,9H,3-4H2,1-2H3. The van der Waals surface area contributed by atoms with Crippen molar-refractivity contribution in [1.29, 1.82) is 5.26 Å². The van der Waals surface area contributed by atoms with Gasteiger partial charge in [-0.2, -0.15) is 5.26 Å². The van der Waals surface area contributed by atoms with Gasteiger partial charge in [0.1, 0.15) is 16.0 Å². The first-order valence-electron chi connectivity index (χ1n) is 6.40. The molecule has 4 nitrogen and oxygen atoms in total. The van der Waals surface area contributed by atoms with E-state index in [4.69, 9.17) is 9.47 Å². The van der Waals surface area contributed by atoms with E-state index in [1.165, 1.54) is 11.3 Å². The Hall–Kier alpha value is -2.06. The average Bonchev–Trinajstić information content (AvgIpc) is 3.25. The van der Waals surface area contributed by atoms with Gasteiger partial charge in [-0.3, -0.25) is 0 Å². The highest BCUT2D eigenvalue weighted by Crippen LogP contribution is 2.44. The molecule has 3 rings (SSSR count). The van der Waals surface area contributed by atoms with Crippen molar-refractivity contribution in [1.82, 2.24) is 4.98 Å². The van der Waals surface area contributed by atoms with E-state index in [0.29, 0.717) is 17.4 Å². The van der Waals surface area contributed by atoms with Crippen LogP contribution in [-0.4, -0.2) is 19.2 Å². The number of ether oxygens (including phenoxy) is 2. The molecule has 1 saturated carbocycles. The van der Waals surface area contributed by atoms with Gasteiger partial charge in [0, 0.05) is 11.5 Å². The number of nitrogens with zero attached hydrogens (tertiary/aromatic N) is 2. The molecule has 1 fully saturated rings. The summed E-state index contributed by atoms with van der Waals surface area (Å²) in [7, 11) is 3.22. The number of hydrogen-bond donors (Lipinski definition) is 0. The van der Waals surface area contributed by atoms with Crippen LogP contribution >= 0.6 is 11.3 Å². The molecule has 0 bridgehead atoms. The summed E-state index contributed by atoms with van der Waals surface area (Å²) < 4.78 is 10.5. The van der Waals surface area contributed by atoms with Crippen LogP contribution in [0.1, 0.15) is 29.3 Å². The zero-order valence-corrected chi connectivity index (χ0v) is 12.2. The van der Waals surface area contributed by atoms with Crippen LogP contribution in [0.3, 0.4) is 0 Å². The van der Waals surface area contributed by atoms with E-state index >= 15 is 0 Å². The van der Waals surface area contributed by atoms with Gasteiger partial charge in [-0.25, -0.2) is 4.98 Å². The predicted octanol–water partition coefficient (Wildman–Crippen LogP) is 3.58. The Bertz CT molecular complexity index is 684. The molecule has 1 heterocycles. The summed E-state index contributed by atoms with van der Waals surface area (Å²) >= 11 is 1.44. The highest BCUT2D eigenvalue weighted by Gasteiger charge is 2.30. The largest absolute Gasteiger partial charge is 0.493 e. The lowest BCUT2D eigenvalue weighted by molar-refractivity contribution is 0.355. The third-order valence-electron chi connectivity index (χ3n) is 3.35. The van der Waals surface area contributed by atoms with Crippen LogP contribution < -0.4 is 9.47 Å². The Balaban J connectivity index is 2.02. The minimum atomic E-state index is 0.481. The molecule has 5 heteroatoms. The topological polar surface area (TPSA) is 55.1 Å². The molecule has 1 aromatic carbocycles. The lowest BCUT2D eigenvalue weighted by atomic mass is 10.2. The molecule has 1 aliphatic rings. The summed E-state index contributed by atoms with van der Waals surface area (Å²) in [6.07, 6.45) is 2.29. The van der Waals surface area contributed by atoms with Gasteiger partial charge in [0.05, 0.1) is 19.9 Å². The van der Waals surface area contributed by atoms with Crippen LogP contribution in [0.25, 0.3) is 10.6 Å². The monoisotopic (exact) mass is 286 g/mol. The van der Waals surface area contributed by atoms with Crippen molar-refractivity contribution in [2.24, 2.45) is 0 Å². The Morgan fingerprint density at radius 1 is 1.25 bits per heavy atom. The molecular weight excluding hydrogens is 272 g/mol. The van der Waals surface area contributed by atoms with Crippen LogP contribution in [0.5, 0.6) is 11.5 Å². The fourth-order valence-corrected chi connectivity index (χ4v) is 3.08. The number of nitriles is 1. The first kappa shape index (κ1) is 12.9. The SMILES string of the molecule is COc1ccc(-c2nc(C3CC3)c(C#N)s2)cc1OC. The number of methoxy groups -OCH3 is 2. The normalized spacial score (nSPS) is 13.8. The van der Waals surface area contributed by atoms with Crippen LogP contribution in [0.2, 0.25) is 0 Å². The number of hydrogen-bond acceptors (Lipinski definition) is 5. The van der Waals surface area contributed by atoms with Gasteiger partial charge in [0.2, 0.25) is 0 Å². The molecule has 1 aromatic heterocycles. The van der Waals surface area contributed by atoms with E-state index in [0.717, 1.165) is 34.0 Å². The highest BCUT2D eigenvalue weighted by atomic mass is 32.1. The molecule has 0 atom stereocenters. The number of aromatic nitrogens is 1. The minimum Gasteiger partial charge on any atom is -0.493 e. The fourth-order valence-electron chi connectivity index (χ4n) is 2.14. The van der Waals surface area contributed by atoms with Crippen molar-refractivity contribution >= 4 is 11.3 Å². The summed E-state index contributed by atoms with van der Waals surface area (Å²) in [6.45, 7) is 0. The van der Waals surface area contributed by atoms with Gasteiger partial charge in [0.15, 0.2) is 11.5 Å². The number of thiazole rings is 1. The van der Waals surface area contributed by atoms with Crippen molar-refractivity contribution in [3.8, 4) is 28.1 Å². The molecule has 20 heavy (non-hydrogen) atoms. The van der Waals surface area contributed by atoms with Crippen LogP contribution in [-0.2, 0) is 0 Å². The molecule has 102 valence electrons.